The Kier molecular flexibility index (Phi) is 4.93. The highest BCUT2D eigenvalue weighted by Crippen LogP contribution is 1.98. The van der Waals surface area contributed by atoms with Crippen LogP contribution in [-0.2, 0) is 16.1 Å². The molecule has 0 aromatic carbocycles. The molecule has 17 heavy (non-hydrogen) atoms. The molecular weight excluding hydrogens is 222 g/mol. The zero-order chi connectivity index (χ0) is 12.7. The minimum absolute atomic E-state index is 0.140. The molecule has 0 unspecified atom stereocenters. The summed E-state index contributed by atoms with van der Waals surface area (Å²) in [7, 11) is 0. The van der Waals surface area contributed by atoms with E-state index in [9.17, 15) is 9.59 Å². The van der Waals surface area contributed by atoms with Crippen molar-refractivity contribution in [2.45, 2.75) is 26.8 Å². The quantitative estimate of drug-likeness (QED) is 0.586. The molecule has 1 rings (SSSR count). The highest BCUT2D eigenvalue weighted by atomic mass is 16.3. The topological polar surface area (TPSA) is 83.7 Å². The van der Waals surface area contributed by atoms with E-state index in [-0.39, 0.29) is 18.2 Å². The molecule has 2 amide bonds. The van der Waals surface area contributed by atoms with E-state index in [1.54, 1.807) is 25.3 Å². The first-order valence-electron chi connectivity index (χ1n) is 5.16. The number of carbonyl (C=O) groups is 2. The molecule has 0 bridgehead atoms. The van der Waals surface area contributed by atoms with Crippen LogP contribution in [0, 0.1) is 0 Å². The normalized spacial score (nSPS) is 11.1. The molecule has 0 saturated carbocycles. The van der Waals surface area contributed by atoms with Gasteiger partial charge in [-0.2, -0.15) is 5.10 Å². The Hall–Kier alpha value is -2.11. The van der Waals surface area contributed by atoms with Crippen LogP contribution < -0.4 is 10.7 Å². The van der Waals surface area contributed by atoms with Gasteiger partial charge >= 0.3 is 0 Å². The van der Waals surface area contributed by atoms with E-state index in [0.717, 1.165) is 0 Å². The second-order valence-electron chi connectivity index (χ2n) is 3.55. The largest absolute Gasteiger partial charge is 0.467 e. The van der Waals surface area contributed by atoms with Crippen molar-refractivity contribution < 1.29 is 14.0 Å². The fourth-order valence-corrected chi connectivity index (χ4v) is 1.11. The monoisotopic (exact) mass is 237 g/mol. The zero-order valence-corrected chi connectivity index (χ0v) is 9.82. The summed E-state index contributed by atoms with van der Waals surface area (Å²) in [5, 5.41) is 6.42. The Balaban J connectivity index is 2.29. The fourth-order valence-electron chi connectivity index (χ4n) is 1.11. The van der Waals surface area contributed by atoms with Gasteiger partial charge in [0.05, 0.1) is 19.2 Å². The van der Waals surface area contributed by atoms with E-state index in [1.807, 2.05) is 0 Å². The second kappa shape index (κ2) is 6.47. The number of hydrogen-bond donors (Lipinski definition) is 2. The van der Waals surface area contributed by atoms with Gasteiger partial charge in [0.2, 0.25) is 11.8 Å². The Bertz CT molecular complexity index is 410. The summed E-state index contributed by atoms with van der Waals surface area (Å²) in [5.41, 5.74) is 2.81. The average molecular weight is 237 g/mol. The molecule has 2 N–H and O–H groups in total. The number of hydrogen-bond acceptors (Lipinski definition) is 4. The zero-order valence-electron chi connectivity index (χ0n) is 9.82. The summed E-state index contributed by atoms with van der Waals surface area (Å²) in [6.07, 6.45) is 1.69. The predicted molar refractivity (Wildman–Crippen MR) is 62.1 cm³/mol. The van der Waals surface area contributed by atoms with Crippen molar-refractivity contribution in [1.29, 1.82) is 0 Å². The molecule has 6 heteroatoms. The first kappa shape index (κ1) is 13.0. The summed E-state index contributed by atoms with van der Waals surface area (Å²) in [5.74, 6) is 0.253. The predicted octanol–water partition coefficient (Wildman–Crippen LogP) is 0.798. The number of nitrogens with zero attached hydrogens (tertiary/aromatic N) is 1. The van der Waals surface area contributed by atoms with Crippen LogP contribution in [-0.4, -0.2) is 17.5 Å². The van der Waals surface area contributed by atoms with Gasteiger partial charge < -0.3 is 9.73 Å². The molecule has 1 aromatic heterocycles. The standard InChI is InChI=1S/C11H15N3O3/c1-8(13-14-9(2)15)6-11(16)12-7-10-4-3-5-17-10/h3-5H,6-7H2,1-2H3,(H,12,16)(H,14,15)/b13-8+. The van der Waals surface area contributed by atoms with Crippen molar-refractivity contribution in [3.8, 4) is 0 Å². The highest BCUT2D eigenvalue weighted by Gasteiger charge is 2.04. The average Bonchev–Trinajstić information content (AvgIpc) is 2.76. The van der Waals surface area contributed by atoms with Gasteiger partial charge in [-0.05, 0) is 19.1 Å². The lowest BCUT2D eigenvalue weighted by molar-refractivity contribution is -0.120. The summed E-state index contributed by atoms with van der Waals surface area (Å²) in [6.45, 7) is 3.37. The summed E-state index contributed by atoms with van der Waals surface area (Å²) < 4.78 is 5.07. The van der Waals surface area contributed by atoms with Gasteiger partial charge in [-0.15, -0.1) is 0 Å². The minimum atomic E-state index is -0.264. The third-order valence-electron chi connectivity index (χ3n) is 1.86. The molecule has 0 saturated heterocycles. The van der Waals surface area contributed by atoms with Crippen molar-refractivity contribution in [3.05, 3.63) is 24.2 Å². The Morgan fingerprint density at radius 2 is 2.18 bits per heavy atom. The van der Waals surface area contributed by atoms with E-state index in [1.165, 1.54) is 6.92 Å². The van der Waals surface area contributed by atoms with Gasteiger partial charge in [0.1, 0.15) is 5.76 Å². The van der Waals surface area contributed by atoms with Crippen LogP contribution in [0.25, 0.3) is 0 Å². The van der Waals surface area contributed by atoms with Gasteiger partial charge in [-0.25, -0.2) is 5.43 Å². The molecule has 0 aliphatic rings. The smallest absolute Gasteiger partial charge is 0.236 e. The maximum atomic E-state index is 11.4. The third-order valence-corrected chi connectivity index (χ3v) is 1.86. The maximum absolute atomic E-state index is 11.4. The van der Waals surface area contributed by atoms with Crippen LogP contribution in [0.4, 0.5) is 0 Å². The SMILES string of the molecule is CC(=O)N/N=C(\C)CC(=O)NCc1ccco1. The van der Waals surface area contributed by atoms with Crippen LogP contribution >= 0.6 is 0 Å². The highest BCUT2D eigenvalue weighted by molar-refractivity contribution is 6.00. The molecule has 0 atom stereocenters. The van der Waals surface area contributed by atoms with Gasteiger partial charge in [0, 0.05) is 12.6 Å². The third kappa shape index (κ3) is 5.50. The van der Waals surface area contributed by atoms with Crippen LogP contribution in [0.2, 0.25) is 0 Å². The summed E-state index contributed by atoms with van der Waals surface area (Å²) >= 11 is 0. The van der Waals surface area contributed by atoms with Crippen LogP contribution in [0.5, 0.6) is 0 Å². The van der Waals surface area contributed by atoms with E-state index in [0.29, 0.717) is 18.0 Å². The molecule has 0 radical (unpaired) electrons. The minimum Gasteiger partial charge on any atom is -0.467 e. The van der Waals surface area contributed by atoms with Gasteiger partial charge in [0.25, 0.3) is 0 Å². The van der Waals surface area contributed by atoms with E-state index >= 15 is 0 Å². The molecule has 0 aliphatic carbocycles. The Labute approximate surface area is 99.1 Å². The Morgan fingerprint density at radius 1 is 1.41 bits per heavy atom. The lowest BCUT2D eigenvalue weighted by atomic mass is 10.3. The maximum Gasteiger partial charge on any atom is 0.236 e. The van der Waals surface area contributed by atoms with E-state index in [2.05, 4.69) is 15.8 Å². The number of nitrogens with one attached hydrogen (secondary N) is 2. The molecule has 1 aromatic rings. The number of hydrazone groups is 1. The number of furan rings is 1. The van der Waals surface area contributed by atoms with Crippen LogP contribution in [0.3, 0.4) is 0 Å². The van der Waals surface area contributed by atoms with Crippen LogP contribution in [0.15, 0.2) is 27.9 Å². The molecule has 0 fully saturated rings. The Morgan fingerprint density at radius 3 is 2.76 bits per heavy atom. The van der Waals surface area contributed by atoms with Crippen molar-refractivity contribution in [3.63, 3.8) is 0 Å². The van der Waals surface area contributed by atoms with Crippen molar-refractivity contribution >= 4 is 17.5 Å². The molecule has 92 valence electrons. The van der Waals surface area contributed by atoms with Crippen molar-refractivity contribution in [2.24, 2.45) is 5.10 Å². The van der Waals surface area contributed by atoms with Gasteiger partial charge in [0.15, 0.2) is 0 Å². The fraction of sp³-hybridized carbons (Fsp3) is 0.364. The molecule has 0 spiro atoms. The number of rotatable bonds is 5. The molecule has 0 aliphatic heterocycles. The van der Waals surface area contributed by atoms with Gasteiger partial charge in [-0.1, -0.05) is 0 Å². The van der Waals surface area contributed by atoms with E-state index in [4.69, 9.17) is 4.42 Å². The van der Waals surface area contributed by atoms with E-state index < -0.39 is 0 Å². The summed E-state index contributed by atoms with van der Waals surface area (Å²) in [4.78, 5) is 22.0. The number of carbonyl (C=O) groups excluding carboxylic acids is 2. The lowest BCUT2D eigenvalue weighted by Gasteiger charge is -2.03. The van der Waals surface area contributed by atoms with Crippen molar-refractivity contribution in [1.82, 2.24) is 10.7 Å². The molecular formula is C11H15N3O3. The van der Waals surface area contributed by atoms with Gasteiger partial charge in [-0.3, -0.25) is 9.59 Å². The second-order valence-corrected chi connectivity index (χ2v) is 3.55. The number of amides is 2. The van der Waals surface area contributed by atoms with Crippen molar-refractivity contribution in [2.75, 3.05) is 0 Å². The molecule has 1 heterocycles. The summed E-state index contributed by atoms with van der Waals surface area (Å²) in [6, 6.07) is 3.53. The first-order valence-corrected chi connectivity index (χ1v) is 5.16. The first-order chi connectivity index (χ1) is 8.08. The lowest BCUT2D eigenvalue weighted by Crippen LogP contribution is -2.25. The molecule has 6 nitrogen and oxygen atoms in total. The van der Waals surface area contributed by atoms with Crippen LogP contribution in [0.1, 0.15) is 26.0 Å².